The highest BCUT2D eigenvalue weighted by Crippen LogP contribution is 2.25. The molecule has 0 aliphatic carbocycles. The number of hydrogen-bond donors (Lipinski definition) is 1. The van der Waals surface area contributed by atoms with Crippen molar-refractivity contribution in [1.29, 1.82) is 0 Å². The van der Waals surface area contributed by atoms with Crippen LogP contribution in [0.25, 0.3) is 0 Å². The second-order valence-corrected chi connectivity index (χ2v) is 5.30. The largest absolute Gasteiger partial charge is 0.368 e. The Labute approximate surface area is 118 Å². The molecular weight excluding hydrogens is 252 g/mol. The van der Waals surface area contributed by atoms with Crippen molar-refractivity contribution >= 4 is 11.8 Å². The van der Waals surface area contributed by atoms with Crippen LogP contribution in [0.4, 0.5) is 11.8 Å². The van der Waals surface area contributed by atoms with Gasteiger partial charge in [-0.15, -0.1) is 0 Å². The first-order valence-electron chi connectivity index (χ1n) is 7.07. The van der Waals surface area contributed by atoms with Crippen molar-refractivity contribution in [3.8, 4) is 0 Å². The molecule has 1 aliphatic rings. The molecule has 6 heteroatoms. The molecule has 1 fully saturated rings. The molecule has 0 bridgehead atoms. The number of nitrogen functional groups attached to an aromatic ring is 1. The summed E-state index contributed by atoms with van der Waals surface area (Å²) in [6.07, 6.45) is 7.43. The minimum Gasteiger partial charge on any atom is -0.368 e. The Kier molecular flexibility index (Phi) is 3.54. The van der Waals surface area contributed by atoms with Gasteiger partial charge >= 0.3 is 0 Å². The summed E-state index contributed by atoms with van der Waals surface area (Å²) in [7, 11) is 0. The summed E-state index contributed by atoms with van der Waals surface area (Å²) in [4.78, 5) is 10.9. The Hall–Kier alpha value is -2.11. The molecule has 106 valence electrons. The first-order valence-corrected chi connectivity index (χ1v) is 7.07. The van der Waals surface area contributed by atoms with Crippen molar-refractivity contribution in [2.75, 3.05) is 17.2 Å². The molecule has 3 rings (SSSR count). The van der Waals surface area contributed by atoms with Crippen molar-refractivity contribution in [2.45, 2.75) is 38.8 Å². The Balaban J connectivity index is 1.84. The molecule has 2 N–H and O–H groups in total. The lowest BCUT2D eigenvalue weighted by atomic mass is 10.0. The first kappa shape index (κ1) is 12.9. The lowest BCUT2D eigenvalue weighted by Crippen LogP contribution is -2.43. The maximum Gasteiger partial charge on any atom is 0.222 e. The van der Waals surface area contributed by atoms with Crippen LogP contribution in [0.2, 0.25) is 0 Å². The molecule has 3 heterocycles. The zero-order valence-corrected chi connectivity index (χ0v) is 11.7. The van der Waals surface area contributed by atoms with Crippen LogP contribution in [0.5, 0.6) is 0 Å². The summed E-state index contributed by atoms with van der Waals surface area (Å²) >= 11 is 0. The fourth-order valence-corrected chi connectivity index (χ4v) is 2.84. The molecule has 0 radical (unpaired) electrons. The van der Waals surface area contributed by atoms with Crippen LogP contribution in [0.15, 0.2) is 24.5 Å². The molecule has 1 saturated heterocycles. The average Bonchev–Trinajstić information content (AvgIpc) is 2.91. The second-order valence-electron chi connectivity index (χ2n) is 5.30. The maximum atomic E-state index is 5.78. The molecular formula is C14H20N6. The Morgan fingerprint density at radius 2 is 2.25 bits per heavy atom. The van der Waals surface area contributed by atoms with E-state index in [1.54, 1.807) is 0 Å². The van der Waals surface area contributed by atoms with E-state index in [4.69, 9.17) is 5.73 Å². The van der Waals surface area contributed by atoms with Gasteiger partial charge in [0.2, 0.25) is 5.95 Å². The van der Waals surface area contributed by atoms with Crippen molar-refractivity contribution in [3.63, 3.8) is 0 Å². The monoisotopic (exact) mass is 272 g/mol. The molecule has 0 spiro atoms. The highest BCUT2D eigenvalue weighted by molar-refractivity contribution is 5.44. The van der Waals surface area contributed by atoms with Gasteiger partial charge in [0, 0.05) is 36.7 Å². The molecule has 2 aromatic rings. The summed E-state index contributed by atoms with van der Waals surface area (Å²) in [6, 6.07) is 4.38. The van der Waals surface area contributed by atoms with E-state index < -0.39 is 0 Å². The highest BCUT2D eigenvalue weighted by Gasteiger charge is 2.24. The molecule has 6 nitrogen and oxygen atoms in total. The molecule has 0 aromatic carbocycles. The van der Waals surface area contributed by atoms with Crippen LogP contribution < -0.4 is 10.6 Å². The van der Waals surface area contributed by atoms with E-state index in [9.17, 15) is 0 Å². The third-order valence-corrected chi connectivity index (χ3v) is 3.74. The van der Waals surface area contributed by atoms with E-state index in [-0.39, 0.29) is 0 Å². The Morgan fingerprint density at radius 3 is 3.00 bits per heavy atom. The lowest BCUT2D eigenvalue weighted by molar-refractivity contribution is 0.396. The number of rotatable bonds is 3. The normalized spacial score (nSPS) is 19.2. The molecule has 1 atom stereocenters. The highest BCUT2D eigenvalue weighted by atomic mass is 15.3. The van der Waals surface area contributed by atoms with Crippen LogP contribution in [0, 0.1) is 6.92 Å². The van der Waals surface area contributed by atoms with Crippen molar-refractivity contribution in [2.24, 2.45) is 0 Å². The van der Waals surface area contributed by atoms with Gasteiger partial charge in [0.25, 0.3) is 0 Å². The summed E-state index contributed by atoms with van der Waals surface area (Å²) in [5.41, 5.74) is 6.69. The molecule has 0 amide bonds. The van der Waals surface area contributed by atoms with Gasteiger partial charge in [-0.1, -0.05) is 0 Å². The fraction of sp³-hybridized carbons (Fsp3) is 0.500. The smallest absolute Gasteiger partial charge is 0.222 e. The van der Waals surface area contributed by atoms with E-state index in [0.29, 0.717) is 12.0 Å². The Morgan fingerprint density at radius 1 is 1.35 bits per heavy atom. The zero-order chi connectivity index (χ0) is 13.9. The number of nitrogens with two attached hydrogens (primary N) is 1. The second kappa shape index (κ2) is 5.48. The molecule has 0 saturated carbocycles. The van der Waals surface area contributed by atoms with E-state index in [1.165, 1.54) is 12.8 Å². The van der Waals surface area contributed by atoms with Crippen LogP contribution in [-0.4, -0.2) is 32.3 Å². The van der Waals surface area contributed by atoms with Gasteiger partial charge < -0.3 is 10.6 Å². The molecule has 1 aliphatic heterocycles. The van der Waals surface area contributed by atoms with E-state index in [2.05, 4.69) is 20.0 Å². The number of nitrogens with zero attached hydrogens (tertiary/aromatic N) is 5. The molecule has 20 heavy (non-hydrogen) atoms. The van der Waals surface area contributed by atoms with Gasteiger partial charge in [-0.2, -0.15) is 10.1 Å². The number of anilines is 2. The quantitative estimate of drug-likeness (QED) is 0.919. The van der Waals surface area contributed by atoms with Crippen molar-refractivity contribution < 1.29 is 0 Å². The predicted octanol–water partition coefficient (Wildman–Crippen LogP) is 1.62. The standard InChI is InChI=1S/C14H20N6/c1-11-9-13(18-14(15)17-11)20-8-3-2-5-12(20)10-19-7-4-6-16-19/h4,6-7,9,12H,2-3,5,8,10H2,1H3,(H2,15,17,18). The number of piperidine rings is 1. The Bertz CT molecular complexity index is 545. The van der Waals surface area contributed by atoms with Crippen molar-refractivity contribution in [1.82, 2.24) is 19.7 Å². The zero-order valence-electron chi connectivity index (χ0n) is 11.7. The van der Waals surface area contributed by atoms with Gasteiger partial charge in [-0.3, -0.25) is 4.68 Å². The van der Waals surface area contributed by atoms with Gasteiger partial charge in [0.15, 0.2) is 0 Å². The lowest BCUT2D eigenvalue weighted by Gasteiger charge is -2.36. The van der Waals surface area contributed by atoms with Crippen LogP contribution in [-0.2, 0) is 6.54 Å². The number of hydrogen-bond acceptors (Lipinski definition) is 5. The molecule has 1 unspecified atom stereocenters. The van der Waals surface area contributed by atoms with E-state index in [0.717, 1.165) is 31.0 Å². The van der Waals surface area contributed by atoms with Gasteiger partial charge in [0.05, 0.1) is 6.54 Å². The maximum absolute atomic E-state index is 5.78. The van der Waals surface area contributed by atoms with Gasteiger partial charge in [-0.05, 0) is 32.3 Å². The number of aryl methyl sites for hydroxylation is 1. The van der Waals surface area contributed by atoms with Gasteiger partial charge in [-0.25, -0.2) is 4.98 Å². The van der Waals surface area contributed by atoms with Crippen LogP contribution in [0.3, 0.4) is 0 Å². The number of aromatic nitrogens is 4. The fourth-order valence-electron chi connectivity index (χ4n) is 2.84. The minimum absolute atomic E-state index is 0.350. The summed E-state index contributed by atoms with van der Waals surface area (Å²) in [5.74, 6) is 1.29. The van der Waals surface area contributed by atoms with Crippen LogP contribution in [0.1, 0.15) is 25.0 Å². The summed E-state index contributed by atoms with van der Waals surface area (Å²) in [6.45, 7) is 3.85. The molecule has 2 aromatic heterocycles. The third kappa shape index (κ3) is 2.74. The third-order valence-electron chi connectivity index (χ3n) is 3.74. The summed E-state index contributed by atoms with van der Waals surface area (Å²) in [5, 5.41) is 4.31. The SMILES string of the molecule is Cc1cc(N2CCCCC2Cn2cccn2)nc(N)n1. The predicted molar refractivity (Wildman–Crippen MR) is 78.4 cm³/mol. The first-order chi connectivity index (χ1) is 9.72. The minimum atomic E-state index is 0.350. The van der Waals surface area contributed by atoms with E-state index >= 15 is 0 Å². The van der Waals surface area contributed by atoms with Gasteiger partial charge in [0.1, 0.15) is 5.82 Å². The average molecular weight is 272 g/mol. The van der Waals surface area contributed by atoms with Crippen LogP contribution >= 0.6 is 0 Å². The topological polar surface area (TPSA) is 72.9 Å². The van der Waals surface area contributed by atoms with Crippen molar-refractivity contribution in [3.05, 3.63) is 30.2 Å². The summed E-state index contributed by atoms with van der Waals surface area (Å²) < 4.78 is 1.99. The van der Waals surface area contributed by atoms with E-state index in [1.807, 2.05) is 36.1 Å².